The second-order valence-corrected chi connectivity index (χ2v) is 19.9. The number of halogens is 14. The van der Waals surface area contributed by atoms with Crippen LogP contribution in [0.4, 0.5) is 0 Å². The van der Waals surface area contributed by atoms with Gasteiger partial charge in [-0.05, 0) is 70.8 Å². The Morgan fingerprint density at radius 2 is 0.577 bits per heavy atom. The summed E-state index contributed by atoms with van der Waals surface area (Å²) in [5.41, 5.74) is 3.57. The van der Waals surface area contributed by atoms with Crippen molar-refractivity contribution in [1.29, 1.82) is 0 Å². The Labute approximate surface area is 374 Å². The van der Waals surface area contributed by atoms with E-state index in [9.17, 15) is 0 Å². The first-order valence-corrected chi connectivity index (χ1v) is 20.7. The summed E-state index contributed by atoms with van der Waals surface area (Å²) < 4.78 is 7.40. The van der Waals surface area contributed by atoms with Crippen molar-refractivity contribution in [3.05, 3.63) is 129 Å². The zero-order valence-electron chi connectivity index (χ0n) is 27.0. The molecule has 1 aliphatic carbocycles. The van der Waals surface area contributed by atoms with E-state index in [0.717, 1.165) is 33.8 Å². The van der Waals surface area contributed by atoms with E-state index in [1.54, 1.807) is 38.5 Å². The average Bonchev–Trinajstić information content (AvgIpc) is 3.11. The first kappa shape index (κ1) is 46.9. The van der Waals surface area contributed by atoms with Gasteiger partial charge in [0.05, 0.1) is 58.3 Å². The Hall–Kier alpha value is 0.540. The first-order chi connectivity index (χ1) is 24.3. The van der Waals surface area contributed by atoms with E-state index in [4.69, 9.17) is 172 Å². The molecule has 0 aliphatic heterocycles. The number of hydrogen-bond acceptors (Lipinski definition) is 2. The minimum atomic E-state index is -1.46. The summed E-state index contributed by atoms with van der Waals surface area (Å²) in [6.07, 6.45) is 0. The molecule has 4 aromatic carbocycles. The lowest BCUT2D eigenvalue weighted by molar-refractivity contribution is 0.414. The highest BCUT2D eigenvalue weighted by molar-refractivity contribution is 6.68. The number of methoxy groups -OCH3 is 2. The van der Waals surface area contributed by atoms with Crippen molar-refractivity contribution in [1.82, 2.24) is 0 Å². The predicted octanol–water partition coefficient (Wildman–Crippen LogP) is 15.3. The summed E-state index contributed by atoms with van der Waals surface area (Å²) in [6.45, 7) is 0. The Kier molecular flexibility index (Phi) is 19.3. The number of alkyl halides is 12. The van der Waals surface area contributed by atoms with Gasteiger partial charge in [0, 0.05) is 10.0 Å². The fourth-order valence-electron chi connectivity index (χ4n) is 5.10. The van der Waals surface area contributed by atoms with Gasteiger partial charge in [0.15, 0.2) is 0 Å². The van der Waals surface area contributed by atoms with Gasteiger partial charge in [-0.3, -0.25) is 0 Å². The van der Waals surface area contributed by atoms with Crippen LogP contribution in [0.25, 0.3) is 0 Å². The largest absolute Gasteiger partial charge is 0.497 e. The second kappa shape index (κ2) is 21.3. The van der Waals surface area contributed by atoms with E-state index < -0.39 is 39.8 Å². The van der Waals surface area contributed by atoms with E-state index in [2.05, 4.69) is 0 Å². The van der Waals surface area contributed by atoms with Gasteiger partial charge in [-0.2, -0.15) is 0 Å². The van der Waals surface area contributed by atoms with Crippen molar-refractivity contribution in [2.24, 2.45) is 0 Å². The number of rotatable bonds is 6. The Morgan fingerprint density at radius 1 is 0.385 bits per heavy atom. The van der Waals surface area contributed by atoms with Crippen LogP contribution in [0.5, 0.6) is 11.5 Å². The quantitative estimate of drug-likeness (QED) is 0.179. The van der Waals surface area contributed by atoms with E-state index in [0.29, 0.717) is 10.0 Å². The fraction of sp³-hybridized carbons (Fsp3) is 0.333. The van der Waals surface area contributed by atoms with E-state index >= 15 is 0 Å². The molecular formula is C36H30Cl14O2. The Morgan fingerprint density at radius 3 is 0.750 bits per heavy atom. The zero-order chi connectivity index (χ0) is 39.0. The molecule has 0 radical (unpaired) electrons. The number of benzene rings is 4. The topological polar surface area (TPSA) is 18.5 Å². The molecule has 52 heavy (non-hydrogen) atoms. The first-order valence-electron chi connectivity index (χ1n) is 15.1. The predicted molar refractivity (Wildman–Crippen MR) is 231 cm³/mol. The maximum atomic E-state index is 6.18. The monoisotopic (exact) mass is 984 g/mol. The molecule has 0 N–H and O–H groups in total. The molecule has 1 fully saturated rings. The van der Waals surface area contributed by atoms with Gasteiger partial charge >= 0.3 is 0 Å². The third kappa shape index (κ3) is 13.3. The van der Waals surface area contributed by atoms with Crippen molar-refractivity contribution in [2.75, 3.05) is 14.2 Å². The van der Waals surface area contributed by atoms with Gasteiger partial charge < -0.3 is 9.47 Å². The van der Waals surface area contributed by atoms with Gasteiger partial charge in [-0.25, -0.2) is 0 Å². The minimum absolute atomic E-state index is 0.376. The van der Waals surface area contributed by atoms with Crippen molar-refractivity contribution < 1.29 is 9.47 Å². The average molecular weight is 991 g/mol. The molecular weight excluding hydrogens is 961 g/mol. The van der Waals surface area contributed by atoms with Gasteiger partial charge in [-0.1, -0.05) is 141 Å². The Bertz CT molecular complexity index is 1490. The van der Waals surface area contributed by atoms with Crippen LogP contribution >= 0.6 is 162 Å². The maximum absolute atomic E-state index is 6.18. The van der Waals surface area contributed by atoms with Crippen LogP contribution in [0.2, 0.25) is 10.0 Å². The highest BCUT2D eigenvalue weighted by Gasteiger charge is 2.47. The Balaban J connectivity index is 0.000000218. The maximum Gasteiger partial charge on any atom is 0.201 e. The molecule has 0 amide bonds. The van der Waals surface area contributed by atoms with Crippen LogP contribution in [-0.2, 0) is 0 Å². The lowest BCUT2D eigenvalue weighted by atomic mass is 9.92. The summed E-state index contributed by atoms with van der Waals surface area (Å²) in [6, 6.07) is 29.5. The van der Waals surface area contributed by atoms with Crippen LogP contribution in [0, 0.1) is 0 Å². The van der Waals surface area contributed by atoms with Crippen LogP contribution in [-0.4, -0.2) is 54.1 Å². The third-order valence-corrected chi connectivity index (χ3v) is 13.6. The third-order valence-electron chi connectivity index (χ3n) is 7.78. The van der Waals surface area contributed by atoms with Gasteiger partial charge in [-0.15, -0.1) is 69.6 Å². The molecule has 5 rings (SSSR count). The molecule has 0 atom stereocenters. The lowest BCUT2D eigenvalue weighted by Crippen LogP contribution is -2.52. The van der Waals surface area contributed by atoms with E-state index in [-0.39, 0.29) is 11.8 Å². The van der Waals surface area contributed by atoms with Crippen LogP contribution < -0.4 is 9.47 Å². The summed E-state index contributed by atoms with van der Waals surface area (Å²) in [4.78, 5) is 0. The lowest BCUT2D eigenvalue weighted by Gasteiger charge is -2.37. The van der Waals surface area contributed by atoms with Crippen LogP contribution in [0.1, 0.15) is 34.1 Å². The molecule has 2 nitrogen and oxygen atoms in total. The SMILES string of the molecule is COc1ccc(C(c2ccc(OC)cc2)C(Cl)(Cl)Cl)cc1.ClC1C(Cl)C(Cl)C(Cl)C(Cl)C1Cl.Clc1ccc(C(c2ccc(Cl)cc2)C(Cl)(Cl)Cl)cc1. The van der Waals surface area contributed by atoms with Gasteiger partial charge in [0.1, 0.15) is 11.5 Å². The van der Waals surface area contributed by atoms with Crippen molar-refractivity contribution in [3.8, 4) is 11.5 Å². The molecule has 0 unspecified atom stereocenters. The van der Waals surface area contributed by atoms with Gasteiger partial charge in [0.25, 0.3) is 0 Å². The summed E-state index contributed by atoms with van der Waals surface area (Å²) in [7, 11) is 3.23. The molecule has 16 heteroatoms. The standard InChI is InChI=1S/C16H15Cl3O2.C14H9Cl5.C6H6Cl6/c1-20-13-7-3-11(4-8-13)15(16(17,18)19)12-5-9-14(21-2)10-6-12;15-11-5-1-9(2-6-11)13(14(17,18)19)10-3-7-12(16)8-4-10;7-1-2(8)4(10)6(12)5(11)3(1)9/h3-10,15H,1-2H3;1-8,13H;1-6H. The van der Waals surface area contributed by atoms with Crippen molar-refractivity contribution in [3.63, 3.8) is 0 Å². The fourth-order valence-corrected chi connectivity index (χ4v) is 9.19. The normalized spacial score (nSPS) is 21.8. The molecule has 1 aliphatic rings. The van der Waals surface area contributed by atoms with E-state index in [1.807, 2.05) is 72.8 Å². The molecule has 284 valence electrons. The minimum Gasteiger partial charge on any atom is -0.497 e. The van der Waals surface area contributed by atoms with Crippen LogP contribution in [0.3, 0.4) is 0 Å². The number of ether oxygens (including phenoxy) is 2. The summed E-state index contributed by atoms with van der Waals surface area (Å²) >= 11 is 83.9. The van der Waals surface area contributed by atoms with Crippen molar-refractivity contribution >= 4 is 162 Å². The molecule has 0 bridgehead atoms. The molecule has 1 saturated carbocycles. The summed E-state index contributed by atoms with van der Waals surface area (Å²) in [5, 5.41) is -1.34. The smallest absolute Gasteiger partial charge is 0.201 e. The highest BCUT2D eigenvalue weighted by atomic mass is 35.6. The second-order valence-electron chi connectivity index (χ2n) is 11.3. The molecule has 0 heterocycles. The zero-order valence-corrected chi connectivity index (χ0v) is 37.5. The number of hydrogen-bond donors (Lipinski definition) is 0. The molecule has 0 spiro atoms. The molecule has 0 aromatic heterocycles. The van der Waals surface area contributed by atoms with Gasteiger partial charge in [0.2, 0.25) is 7.59 Å². The van der Waals surface area contributed by atoms with Crippen LogP contribution in [0.15, 0.2) is 97.1 Å². The molecule has 0 saturated heterocycles. The summed E-state index contributed by atoms with van der Waals surface area (Å²) in [5.74, 6) is 0.763. The van der Waals surface area contributed by atoms with E-state index in [1.165, 1.54) is 0 Å². The molecule has 4 aromatic rings. The highest BCUT2D eigenvalue weighted by Crippen LogP contribution is 2.47. The van der Waals surface area contributed by atoms with Crippen molar-refractivity contribution in [2.45, 2.75) is 51.7 Å².